The molecule has 1 aromatic heterocycles. The van der Waals surface area contributed by atoms with Gasteiger partial charge in [-0.2, -0.15) is 13.2 Å². The van der Waals surface area contributed by atoms with Gasteiger partial charge in [-0.15, -0.1) is 5.10 Å². The summed E-state index contributed by atoms with van der Waals surface area (Å²) in [5.74, 6) is 0.133. The van der Waals surface area contributed by atoms with Gasteiger partial charge in [0, 0.05) is 11.3 Å². The Hall–Kier alpha value is -2.81. The number of halogens is 3. The van der Waals surface area contributed by atoms with Crippen LogP contribution < -0.4 is 5.32 Å². The molecule has 0 fully saturated rings. The van der Waals surface area contributed by atoms with Gasteiger partial charge < -0.3 is 5.32 Å². The summed E-state index contributed by atoms with van der Waals surface area (Å²) in [5.41, 5.74) is 0.127. The van der Waals surface area contributed by atoms with E-state index < -0.39 is 22.9 Å². The van der Waals surface area contributed by atoms with Crippen molar-refractivity contribution in [2.75, 3.05) is 5.32 Å². The minimum atomic E-state index is -4.46. The second-order valence-electron chi connectivity index (χ2n) is 5.66. The van der Waals surface area contributed by atoms with Crippen molar-refractivity contribution >= 4 is 23.4 Å². The monoisotopic (exact) mass is 392 g/mol. The number of H-pyrrole nitrogens is 1. The summed E-state index contributed by atoms with van der Waals surface area (Å²) < 4.78 is 38.3. The number of aromatic nitrogens is 3. The smallest absolute Gasteiger partial charge is 0.325 e. The first-order valence-corrected chi connectivity index (χ1v) is 8.83. The minimum Gasteiger partial charge on any atom is -0.325 e. The first kappa shape index (κ1) is 19.0. The van der Waals surface area contributed by atoms with E-state index in [1.807, 2.05) is 30.3 Å². The fraction of sp³-hybridized carbons (Fsp3) is 0.167. The Kier molecular flexibility index (Phi) is 5.50. The van der Waals surface area contributed by atoms with E-state index in [0.717, 1.165) is 29.5 Å². The molecule has 0 radical (unpaired) electrons. The van der Waals surface area contributed by atoms with E-state index in [1.165, 1.54) is 12.1 Å². The third-order valence-electron chi connectivity index (χ3n) is 3.62. The number of hydrogen-bond donors (Lipinski definition) is 2. The number of rotatable bonds is 5. The molecule has 3 rings (SSSR count). The molecule has 0 aliphatic carbocycles. The van der Waals surface area contributed by atoms with Crippen molar-refractivity contribution < 1.29 is 18.0 Å². The van der Waals surface area contributed by atoms with Crippen LogP contribution in [0.5, 0.6) is 0 Å². The molecule has 1 unspecified atom stereocenters. The first-order valence-electron chi connectivity index (χ1n) is 7.95. The van der Waals surface area contributed by atoms with E-state index in [1.54, 1.807) is 6.92 Å². The fourth-order valence-electron chi connectivity index (χ4n) is 2.25. The third kappa shape index (κ3) is 4.88. The maximum absolute atomic E-state index is 12.8. The van der Waals surface area contributed by atoms with Gasteiger partial charge in [0.25, 0.3) is 0 Å². The van der Waals surface area contributed by atoms with Gasteiger partial charge in [0.05, 0.1) is 10.8 Å². The molecule has 0 aliphatic rings. The predicted octanol–water partition coefficient (Wildman–Crippen LogP) is 4.61. The molecule has 0 bridgehead atoms. The third-order valence-corrected chi connectivity index (χ3v) is 4.58. The van der Waals surface area contributed by atoms with Crippen molar-refractivity contribution in [1.29, 1.82) is 0 Å². The van der Waals surface area contributed by atoms with E-state index in [-0.39, 0.29) is 5.69 Å². The van der Waals surface area contributed by atoms with Crippen molar-refractivity contribution in [1.82, 2.24) is 15.2 Å². The molecule has 1 amide bonds. The van der Waals surface area contributed by atoms with Crippen molar-refractivity contribution in [2.24, 2.45) is 0 Å². The molecule has 0 saturated heterocycles. The molecule has 9 heteroatoms. The summed E-state index contributed by atoms with van der Waals surface area (Å²) in [6.07, 6.45) is -4.46. The zero-order valence-electron chi connectivity index (χ0n) is 14.1. The number of aromatic amines is 1. The molecule has 3 aromatic rings. The quantitative estimate of drug-likeness (QED) is 0.622. The van der Waals surface area contributed by atoms with Gasteiger partial charge in [-0.1, -0.05) is 48.2 Å². The maximum Gasteiger partial charge on any atom is 0.416 e. The van der Waals surface area contributed by atoms with Gasteiger partial charge in [-0.05, 0) is 25.1 Å². The van der Waals surface area contributed by atoms with Crippen molar-refractivity contribution in [2.45, 2.75) is 23.5 Å². The average Bonchev–Trinajstić information content (AvgIpc) is 3.10. The lowest BCUT2D eigenvalue weighted by Gasteiger charge is -2.12. The predicted molar refractivity (Wildman–Crippen MR) is 97.2 cm³/mol. The first-order chi connectivity index (χ1) is 12.8. The minimum absolute atomic E-state index is 0.0854. The highest BCUT2D eigenvalue weighted by Gasteiger charge is 2.30. The number of hydrogen-bond acceptors (Lipinski definition) is 4. The van der Waals surface area contributed by atoms with Crippen molar-refractivity contribution in [3.8, 4) is 11.4 Å². The summed E-state index contributed by atoms with van der Waals surface area (Å²) >= 11 is 1.11. The fourth-order valence-corrected chi connectivity index (χ4v) is 2.98. The summed E-state index contributed by atoms with van der Waals surface area (Å²) in [6.45, 7) is 1.63. The molecular weight excluding hydrogens is 377 g/mol. The van der Waals surface area contributed by atoms with Crippen LogP contribution in [0.4, 0.5) is 18.9 Å². The van der Waals surface area contributed by atoms with Crippen LogP contribution >= 0.6 is 11.8 Å². The number of amides is 1. The van der Waals surface area contributed by atoms with Gasteiger partial charge in [-0.25, -0.2) is 4.98 Å². The summed E-state index contributed by atoms with van der Waals surface area (Å²) in [7, 11) is 0. The average molecular weight is 392 g/mol. The molecule has 27 heavy (non-hydrogen) atoms. The zero-order valence-corrected chi connectivity index (χ0v) is 14.9. The molecule has 2 aromatic carbocycles. The van der Waals surface area contributed by atoms with E-state index in [4.69, 9.17) is 0 Å². The molecule has 0 spiro atoms. The molecule has 0 aliphatic heterocycles. The number of nitrogens with one attached hydrogen (secondary N) is 2. The van der Waals surface area contributed by atoms with Crippen LogP contribution in [0.2, 0.25) is 0 Å². The number of anilines is 1. The van der Waals surface area contributed by atoms with Crippen LogP contribution in [0.1, 0.15) is 12.5 Å². The van der Waals surface area contributed by atoms with Crippen LogP contribution in [0.3, 0.4) is 0 Å². The van der Waals surface area contributed by atoms with Crippen LogP contribution in [0.25, 0.3) is 11.4 Å². The Balaban J connectivity index is 1.64. The normalized spacial score (nSPS) is 12.6. The summed E-state index contributed by atoms with van der Waals surface area (Å²) in [4.78, 5) is 16.6. The lowest BCUT2D eigenvalue weighted by atomic mass is 10.2. The van der Waals surface area contributed by atoms with Gasteiger partial charge in [0.2, 0.25) is 11.1 Å². The van der Waals surface area contributed by atoms with Gasteiger partial charge in [0.1, 0.15) is 0 Å². The van der Waals surface area contributed by atoms with E-state index in [9.17, 15) is 18.0 Å². The molecule has 1 atom stereocenters. The van der Waals surface area contributed by atoms with Crippen LogP contribution in [-0.4, -0.2) is 26.3 Å². The maximum atomic E-state index is 12.8. The van der Waals surface area contributed by atoms with Gasteiger partial charge in [0.15, 0.2) is 5.82 Å². The number of benzene rings is 2. The van der Waals surface area contributed by atoms with Gasteiger partial charge in [-0.3, -0.25) is 9.89 Å². The Labute approximate surface area is 157 Å². The topological polar surface area (TPSA) is 70.7 Å². The number of alkyl halides is 3. The highest BCUT2D eigenvalue weighted by atomic mass is 32.2. The Morgan fingerprint density at radius 3 is 2.59 bits per heavy atom. The summed E-state index contributed by atoms with van der Waals surface area (Å²) in [6, 6.07) is 13.9. The Morgan fingerprint density at radius 1 is 1.15 bits per heavy atom. The van der Waals surface area contributed by atoms with Gasteiger partial charge >= 0.3 is 6.18 Å². The lowest BCUT2D eigenvalue weighted by molar-refractivity contribution is -0.137. The van der Waals surface area contributed by atoms with E-state index in [2.05, 4.69) is 20.5 Å². The Morgan fingerprint density at radius 2 is 1.89 bits per heavy atom. The lowest BCUT2D eigenvalue weighted by Crippen LogP contribution is -2.22. The molecule has 1 heterocycles. The SMILES string of the molecule is CC(Sc1n[nH]c(-c2ccccc2)n1)C(=O)Nc1cccc(C(F)(F)F)c1. The van der Waals surface area contributed by atoms with E-state index >= 15 is 0 Å². The van der Waals surface area contributed by atoms with E-state index in [0.29, 0.717) is 11.0 Å². The van der Waals surface area contributed by atoms with Crippen LogP contribution in [0.15, 0.2) is 59.8 Å². The standard InChI is InChI=1S/C18H15F3N4OS/c1-11(16(26)22-14-9-5-8-13(10-14)18(19,20)21)27-17-23-15(24-25-17)12-6-3-2-4-7-12/h2-11H,1H3,(H,22,26)(H,23,24,25). The number of thioether (sulfide) groups is 1. The Bertz CT molecular complexity index is 928. The van der Waals surface area contributed by atoms with Crippen LogP contribution in [0, 0.1) is 0 Å². The van der Waals surface area contributed by atoms with Crippen molar-refractivity contribution in [3.63, 3.8) is 0 Å². The second-order valence-corrected chi connectivity index (χ2v) is 6.97. The number of nitrogens with zero attached hydrogens (tertiary/aromatic N) is 2. The molecule has 5 nitrogen and oxygen atoms in total. The largest absolute Gasteiger partial charge is 0.416 e. The summed E-state index contributed by atoms with van der Waals surface area (Å²) in [5, 5.41) is 9.13. The zero-order chi connectivity index (χ0) is 19.4. The van der Waals surface area contributed by atoms with Crippen LogP contribution in [-0.2, 0) is 11.0 Å². The highest BCUT2D eigenvalue weighted by molar-refractivity contribution is 8.00. The molecule has 0 saturated carbocycles. The molecular formula is C18H15F3N4OS. The highest BCUT2D eigenvalue weighted by Crippen LogP contribution is 2.31. The number of carbonyl (C=O) groups is 1. The second kappa shape index (κ2) is 7.83. The molecule has 2 N–H and O–H groups in total. The number of carbonyl (C=O) groups excluding carboxylic acids is 1. The van der Waals surface area contributed by atoms with Crippen molar-refractivity contribution in [3.05, 3.63) is 60.2 Å². The molecule has 140 valence electrons.